The highest BCUT2D eigenvalue weighted by molar-refractivity contribution is 5.93. The van der Waals surface area contributed by atoms with Crippen molar-refractivity contribution < 1.29 is 13.9 Å². The molecule has 0 saturated carbocycles. The maximum absolute atomic E-state index is 13.9. The largest absolute Gasteiger partial charge is 0.383 e. The smallest absolute Gasteiger partial charge is 0.265 e. The summed E-state index contributed by atoms with van der Waals surface area (Å²) in [6, 6.07) is 4.25. The third-order valence-corrected chi connectivity index (χ3v) is 3.07. The first-order chi connectivity index (χ1) is 9.97. The molecular formula is C15H24FN3O2. The number of nitrogens with one attached hydrogen (secondary N) is 1. The van der Waals surface area contributed by atoms with E-state index in [1.807, 2.05) is 0 Å². The van der Waals surface area contributed by atoms with Crippen molar-refractivity contribution in [3.8, 4) is 0 Å². The standard InChI is InChI=1S/C15H24FN3O2/c1-11(2)9-19(6-7-21-3)10-13-8-12(15(20)18-17)4-5-14(13)16/h4-5,8,11H,6-7,9-10,17H2,1-3H3,(H,18,20). The predicted molar refractivity (Wildman–Crippen MR) is 80.0 cm³/mol. The summed E-state index contributed by atoms with van der Waals surface area (Å²) in [5.41, 5.74) is 2.88. The second-order valence-electron chi connectivity index (χ2n) is 5.40. The summed E-state index contributed by atoms with van der Waals surface area (Å²) in [6.45, 7) is 6.76. The van der Waals surface area contributed by atoms with E-state index in [4.69, 9.17) is 10.6 Å². The van der Waals surface area contributed by atoms with Crippen molar-refractivity contribution in [1.82, 2.24) is 10.3 Å². The van der Waals surface area contributed by atoms with Crippen LogP contribution in [0.15, 0.2) is 18.2 Å². The molecule has 6 heteroatoms. The molecule has 21 heavy (non-hydrogen) atoms. The Bertz CT molecular complexity index is 466. The number of carbonyl (C=O) groups is 1. The second-order valence-corrected chi connectivity index (χ2v) is 5.40. The molecule has 118 valence electrons. The van der Waals surface area contributed by atoms with E-state index < -0.39 is 5.91 Å². The van der Waals surface area contributed by atoms with Crippen LogP contribution in [0.4, 0.5) is 4.39 Å². The van der Waals surface area contributed by atoms with Gasteiger partial charge in [-0.2, -0.15) is 0 Å². The van der Waals surface area contributed by atoms with Crippen LogP contribution in [0.1, 0.15) is 29.8 Å². The van der Waals surface area contributed by atoms with Crippen LogP contribution < -0.4 is 11.3 Å². The van der Waals surface area contributed by atoms with Crippen LogP contribution >= 0.6 is 0 Å². The van der Waals surface area contributed by atoms with Gasteiger partial charge in [-0.05, 0) is 24.1 Å². The molecule has 1 aromatic rings. The molecule has 5 nitrogen and oxygen atoms in total. The molecule has 0 aromatic heterocycles. The molecule has 0 saturated heterocycles. The normalized spacial score (nSPS) is 11.2. The van der Waals surface area contributed by atoms with Gasteiger partial charge in [0.05, 0.1) is 6.61 Å². The van der Waals surface area contributed by atoms with Crippen LogP contribution in [0.2, 0.25) is 0 Å². The molecule has 0 aliphatic carbocycles. The Morgan fingerprint density at radius 1 is 1.48 bits per heavy atom. The number of nitrogen functional groups attached to an aromatic ring is 1. The topological polar surface area (TPSA) is 67.6 Å². The number of hydrogen-bond donors (Lipinski definition) is 2. The Morgan fingerprint density at radius 2 is 2.19 bits per heavy atom. The number of carbonyl (C=O) groups excluding carboxylic acids is 1. The minimum absolute atomic E-state index is 0.324. The molecule has 0 radical (unpaired) electrons. The molecule has 0 aliphatic rings. The van der Waals surface area contributed by atoms with Gasteiger partial charge in [-0.25, -0.2) is 10.2 Å². The van der Waals surface area contributed by atoms with Crippen LogP contribution in [-0.2, 0) is 11.3 Å². The van der Waals surface area contributed by atoms with Crippen molar-refractivity contribution in [2.75, 3.05) is 26.8 Å². The van der Waals surface area contributed by atoms with E-state index in [0.717, 1.165) is 6.54 Å². The Kier molecular flexibility index (Phi) is 7.28. The molecule has 0 bridgehead atoms. The highest BCUT2D eigenvalue weighted by atomic mass is 19.1. The first-order valence-electron chi connectivity index (χ1n) is 6.98. The number of nitrogens with two attached hydrogens (primary N) is 1. The lowest BCUT2D eigenvalue weighted by atomic mass is 10.1. The average Bonchev–Trinajstić information content (AvgIpc) is 2.45. The lowest BCUT2D eigenvalue weighted by molar-refractivity contribution is 0.0953. The van der Waals surface area contributed by atoms with Gasteiger partial charge in [0.1, 0.15) is 5.82 Å². The zero-order valence-corrected chi connectivity index (χ0v) is 12.9. The van der Waals surface area contributed by atoms with Gasteiger partial charge in [0.25, 0.3) is 5.91 Å². The first-order valence-corrected chi connectivity index (χ1v) is 6.98. The number of halogens is 1. The zero-order chi connectivity index (χ0) is 15.8. The maximum atomic E-state index is 13.9. The Balaban J connectivity index is 2.88. The van der Waals surface area contributed by atoms with Gasteiger partial charge >= 0.3 is 0 Å². The fourth-order valence-corrected chi connectivity index (χ4v) is 2.13. The molecular weight excluding hydrogens is 273 g/mol. The number of ether oxygens (including phenoxy) is 1. The van der Waals surface area contributed by atoms with Crippen LogP contribution in [0, 0.1) is 11.7 Å². The fourth-order valence-electron chi connectivity index (χ4n) is 2.13. The van der Waals surface area contributed by atoms with E-state index in [2.05, 4.69) is 24.2 Å². The summed E-state index contributed by atoms with van der Waals surface area (Å²) < 4.78 is 19.0. The molecule has 0 aliphatic heterocycles. The van der Waals surface area contributed by atoms with Crippen molar-refractivity contribution in [2.24, 2.45) is 11.8 Å². The fraction of sp³-hybridized carbons (Fsp3) is 0.533. The van der Waals surface area contributed by atoms with Gasteiger partial charge in [0.15, 0.2) is 0 Å². The minimum atomic E-state index is -0.427. The number of benzene rings is 1. The Labute approximate surface area is 125 Å². The van der Waals surface area contributed by atoms with Crippen molar-refractivity contribution in [2.45, 2.75) is 20.4 Å². The number of amides is 1. The first kappa shape index (κ1) is 17.6. The van der Waals surface area contributed by atoms with Crippen molar-refractivity contribution in [3.63, 3.8) is 0 Å². The third kappa shape index (κ3) is 5.79. The number of hydrogen-bond acceptors (Lipinski definition) is 4. The summed E-state index contributed by atoms with van der Waals surface area (Å²) in [4.78, 5) is 13.6. The van der Waals surface area contributed by atoms with Crippen LogP contribution in [0.3, 0.4) is 0 Å². The molecule has 0 atom stereocenters. The summed E-state index contributed by atoms with van der Waals surface area (Å²) in [5, 5.41) is 0. The van der Waals surface area contributed by atoms with E-state index >= 15 is 0 Å². The van der Waals surface area contributed by atoms with Crippen molar-refractivity contribution in [1.29, 1.82) is 0 Å². The number of nitrogens with zero attached hydrogens (tertiary/aromatic N) is 1. The highest BCUT2D eigenvalue weighted by Gasteiger charge is 2.13. The Morgan fingerprint density at radius 3 is 2.76 bits per heavy atom. The van der Waals surface area contributed by atoms with Crippen LogP contribution in [0.5, 0.6) is 0 Å². The summed E-state index contributed by atoms with van der Waals surface area (Å²) in [5.74, 6) is 4.81. The minimum Gasteiger partial charge on any atom is -0.383 e. The predicted octanol–water partition coefficient (Wildman–Crippen LogP) is 1.53. The summed E-state index contributed by atoms with van der Waals surface area (Å²) in [7, 11) is 1.64. The van der Waals surface area contributed by atoms with Gasteiger partial charge in [-0.15, -0.1) is 0 Å². The number of hydrazine groups is 1. The van der Waals surface area contributed by atoms with E-state index in [0.29, 0.717) is 36.7 Å². The zero-order valence-electron chi connectivity index (χ0n) is 12.9. The van der Waals surface area contributed by atoms with Crippen LogP contribution in [0.25, 0.3) is 0 Å². The molecule has 1 amide bonds. The Hall–Kier alpha value is -1.50. The average molecular weight is 297 g/mol. The van der Waals surface area contributed by atoms with Gasteiger partial charge in [0, 0.05) is 37.9 Å². The number of rotatable bonds is 8. The monoisotopic (exact) mass is 297 g/mol. The van der Waals surface area contributed by atoms with E-state index in [1.165, 1.54) is 18.2 Å². The molecule has 3 N–H and O–H groups in total. The summed E-state index contributed by atoms with van der Waals surface area (Å²) in [6.07, 6.45) is 0. The van der Waals surface area contributed by atoms with Gasteiger partial charge in [-0.1, -0.05) is 13.8 Å². The quantitative estimate of drug-likeness (QED) is 0.434. The molecule has 0 heterocycles. The molecule has 0 fully saturated rings. The lowest BCUT2D eigenvalue weighted by Gasteiger charge is -2.24. The maximum Gasteiger partial charge on any atom is 0.265 e. The SMILES string of the molecule is COCCN(Cc1cc(C(=O)NN)ccc1F)CC(C)C. The van der Waals surface area contributed by atoms with Gasteiger partial charge in [0.2, 0.25) is 0 Å². The van der Waals surface area contributed by atoms with Crippen molar-refractivity contribution >= 4 is 5.91 Å². The molecule has 0 spiro atoms. The molecule has 1 aromatic carbocycles. The van der Waals surface area contributed by atoms with Gasteiger partial charge in [-0.3, -0.25) is 15.1 Å². The molecule has 0 unspecified atom stereocenters. The van der Waals surface area contributed by atoms with E-state index in [-0.39, 0.29) is 5.82 Å². The number of methoxy groups -OCH3 is 1. The van der Waals surface area contributed by atoms with Crippen molar-refractivity contribution in [3.05, 3.63) is 35.1 Å². The van der Waals surface area contributed by atoms with E-state index in [9.17, 15) is 9.18 Å². The van der Waals surface area contributed by atoms with Crippen LogP contribution in [-0.4, -0.2) is 37.6 Å². The second kappa shape index (κ2) is 8.71. The highest BCUT2D eigenvalue weighted by Crippen LogP contribution is 2.14. The van der Waals surface area contributed by atoms with Gasteiger partial charge < -0.3 is 4.74 Å². The summed E-state index contributed by atoms with van der Waals surface area (Å²) >= 11 is 0. The third-order valence-electron chi connectivity index (χ3n) is 3.07. The lowest BCUT2D eigenvalue weighted by Crippen LogP contribution is -2.32. The molecule has 1 rings (SSSR count). The van der Waals surface area contributed by atoms with E-state index in [1.54, 1.807) is 7.11 Å².